The number of anilines is 1. The number of rotatable bonds is 5. The molecule has 150 valence electrons. The predicted octanol–water partition coefficient (Wildman–Crippen LogP) is 4.06. The lowest BCUT2D eigenvalue weighted by Gasteiger charge is -2.24. The summed E-state index contributed by atoms with van der Waals surface area (Å²) >= 11 is 3.26. The van der Waals surface area contributed by atoms with Crippen molar-refractivity contribution in [3.8, 4) is 0 Å². The topological polar surface area (TPSA) is 88.0 Å². The molecule has 8 heteroatoms. The highest BCUT2D eigenvalue weighted by molar-refractivity contribution is 8.38. The first kappa shape index (κ1) is 22.3. The molecule has 4 N–H and O–H groups in total. The van der Waals surface area contributed by atoms with Crippen LogP contribution in [-0.4, -0.2) is 28.7 Å². The molecule has 0 aliphatic heterocycles. The van der Waals surface area contributed by atoms with E-state index in [9.17, 15) is 4.79 Å². The van der Waals surface area contributed by atoms with Crippen LogP contribution in [0.25, 0.3) is 0 Å². The zero-order chi connectivity index (χ0) is 20.7. The van der Waals surface area contributed by atoms with E-state index in [0.29, 0.717) is 18.0 Å². The van der Waals surface area contributed by atoms with Gasteiger partial charge in [-0.15, -0.1) is 11.8 Å². The van der Waals surface area contributed by atoms with Gasteiger partial charge < -0.3 is 0 Å². The Morgan fingerprint density at radius 1 is 1.07 bits per heavy atom. The van der Waals surface area contributed by atoms with Gasteiger partial charge in [0, 0.05) is 12.8 Å². The van der Waals surface area contributed by atoms with E-state index in [-0.39, 0.29) is 0 Å². The second kappa shape index (κ2) is 10.5. The van der Waals surface area contributed by atoms with Crippen molar-refractivity contribution in [3.05, 3.63) is 64.7 Å². The fourth-order valence-electron chi connectivity index (χ4n) is 2.61. The van der Waals surface area contributed by atoms with E-state index in [1.165, 1.54) is 18.2 Å². The molecule has 6 nitrogen and oxygen atoms in total. The summed E-state index contributed by atoms with van der Waals surface area (Å²) in [5.41, 5.74) is 5.15. The number of hydrogen-bond donors (Lipinski definition) is 2. The molecule has 0 bridgehead atoms. The maximum atomic E-state index is 12.2. The molecule has 0 heterocycles. The van der Waals surface area contributed by atoms with Gasteiger partial charge in [-0.25, -0.2) is 21.5 Å². The number of urea groups is 1. The van der Waals surface area contributed by atoms with Crippen LogP contribution in [0.1, 0.15) is 22.3 Å². The summed E-state index contributed by atoms with van der Waals surface area (Å²) in [6, 6.07) is 13.5. The van der Waals surface area contributed by atoms with Gasteiger partial charge in [-0.3, -0.25) is 10.0 Å². The number of aliphatic imine (C=N–C) groups is 1. The van der Waals surface area contributed by atoms with Crippen molar-refractivity contribution in [2.24, 2.45) is 16.7 Å². The third kappa shape index (κ3) is 5.75. The van der Waals surface area contributed by atoms with Crippen LogP contribution in [0.4, 0.5) is 10.5 Å². The highest BCUT2D eigenvalue weighted by atomic mass is 32.2. The highest BCUT2D eigenvalue weighted by Gasteiger charge is 2.19. The van der Waals surface area contributed by atoms with E-state index < -0.39 is 6.03 Å². The number of aryl methyl sites for hydroxylation is 2. The minimum absolute atomic E-state index is 0.477. The molecule has 0 radical (unpaired) electrons. The summed E-state index contributed by atoms with van der Waals surface area (Å²) in [6.45, 7) is 4.75. The van der Waals surface area contributed by atoms with Crippen LogP contribution >= 0.6 is 23.5 Å². The number of hydrogen-bond acceptors (Lipinski definition) is 6. The van der Waals surface area contributed by atoms with E-state index in [4.69, 9.17) is 16.7 Å². The molecule has 0 fully saturated rings. The number of thioether (sulfide) groups is 2. The molecule has 0 aliphatic carbocycles. The molecule has 0 saturated heterocycles. The summed E-state index contributed by atoms with van der Waals surface area (Å²) in [4.78, 5) is 16.9. The van der Waals surface area contributed by atoms with Gasteiger partial charge in [-0.2, -0.15) is 0 Å². The lowest BCUT2D eigenvalue weighted by molar-refractivity contribution is 0.216. The molecule has 0 aromatic heterocycles. The van der Waals surface area contributed by atoms with Crippen molar-refractivity contribution in [2.45, 2.75) is 26.1 Å². The monoisotopic (exact) mass is 417 g/mol. The van der Waals surface area contributed by atoms with Crippen molar-refractivity contribution in [3.63, 3.8) is 0 Å². The number of amides is 2. The Hall–Kier alpha value is -2.00. The summed E-state index contributed by atoms with van der Waals surface area (Å²) in [5, 5.41) is 2.06. The van der Waals surface area contributed by atoms with E-state index in [1.807, 2.05) is 43.5 Å². The van der Waals surface area contributed by atoms with Crippen LogP contribution in [0.2, 0.25) is 0 Å². The molecular weight excluding hydrogens is 390 g/mol. The largest absolute Gasteiger partial charge is 0.352 e. The van der Waals surface area contributed by atoms with E-state index in [1.54, 1.807) is 23.5 Å². The Morgan fingerprint density at radius 2 is 1.75 bits per heavy atom. The van der Waals surface area contributed by atoms with Crippen LogP contribution in [0, 0.1) is 13.8 Å². The lowest BCUT2D eigenvalue weighted by Crippen LogP contribution is -2.49. The highest BCUT2D eigenvalue weighted by Crippen LogP contribution is 2.29. The summed E-state index contributed by atoms with van der Waals surface area (Å²) in [7, 11) is 1.47. The van der Waals surface area contributed by atoms with E-state index in [0.717, 1.165) is 25.5 Å². The first-order valence-electron chi connectivity index (χ1n) is 8.76. The number of carbonyl (C=O) groups is 1. The van der Waals surface area contributed by atoms with Gasteiger partial charge in [0.15, 0.2) is 0 Å². The van der Waals surface area contributed by atoms with E-state index >= 15 is 0 Å². The zero-order valence-electron chi connectivity index (χ0n) is 16.7. The van der Waals surface area contributed by atoms with Crippen molar-refractivity contribution in [1.82, 2.24) is 5.01 Å². The Labute approximate surface area is 175 Å². The van der Waals surface area contributed by atoms with Gasteiger partial charge in [-0.1, -0.05) is 48.2 Å². The zero-order valence-corrected chi connectivity index (χ0v) is 18.3. The standard InChI is InChI=1S/C20H27N5OS2/c1-14-8-5-6-10-16(14)12-23-19(27-4)28-13-17-15(2)9-7-11-18(17)25(22)20(26)24(3)21/h5-11H,12-13,21-22H2,1-4H3. The predicted molar refractivity (Wildman–Crippen MR) is 122 cm³/mol. The maximum Gasteiger partial charge on any atom is 0.352 e. The molecule has 2 amide bonds. The van der Waals surface area contributed by atoms with Crippen LogP contribution in [0.5, 0.6) is 0 Å². The fraction of sp³-hybridized carbons (Fsp3) is 0.300. The molecule has 28 heavy (non-hydrogen) atoms. The van der Waals surface area contributed by atoms with Gasteiger partial charge >= 0.3 is 6.03 Å². The van der Waals surface area contributed by atoms with Crippen molar-refractivity contribution in [2.75, 3.05) is 18.3 Å². The summed E-state index contributed by atoms with van der Waals surface area (Å²) in [6.07, 6.45) is 2.02. The van der Waals surface area contributed by atoms with Gasteiger partial charge in [0.2, 0.25) is 0 Å². The molecular formula is C20H27N5OS2. The quantitative estimate of drug-likeness (QED) is 0.252. The molecule has 2 rings (SSSR count). The van der Waals surface area contributed by atoms with Crippen LogP contribution in [0.3, 0.4) is 0 Å². The third-order valence-corrected chi connectivity index (χ3v) is 6.45. The molecule has 0 saturated carbocycles. The average Bonchev–Trinajstić information content (AvgIpc) is 2.68. The second-order valence-electron chi connectivity index (χ2n) is 6.34. The first-order valence-corrected chi connectivity index (χ1v) is 11.0. The molecule has 0 unspecified atom stereocenters. The number of hydrazine groups is 2. The smallest absolute Gasteiger partial charge is 0.267 e. The maximum absolute atomic E-state index is 12.2. The molecule has 2 aromatic rings. The number of nitrogens with two attached hydrogens (primary N) is 2. The minimum Gasteiger partial charge on any atom is -0.267 e. The molecule has 0 aliphatic rings. The van der Waals surface area contributed by atoms with Gasteiger partial charge in [0.05, 0.1) is 12.2 Å². The molecule has 0 spiro atoms. The van der Waals surface area contributed by atoms with Crippen LogP contribution in [0.15, 0.2) is 47.5 Å². The molecule has 2 aromatic carbocycles. The Balaban J connectivity index is 2.17. The number of nitrogens with zero attached hydrogens (tertiary/aromatic N) is 3. The fourth-order valence-corrected chi connectivity index (χ4v) is 4.25. The Morgan fingerprint density at radius 3 is 2.39 bits per heavy atom. The minimum atomic E-state index is -0.477. The van der Waals surface area contributed by atoms with Crippen LogP contribution in [-0.2, 0) is 12.3 Å². The van der Waals surface area contributed by atoms with Crippen molar-refractivity contribution >= 4 is 39.6 Å². The van der Waals surface area contributed by atoms with E-state index in [2.05, 4.69) is 19.1 Å². The van der Waals surface area contributed by atoms with Gasteiger partial charge in [0.1, 0.15) is 4.38 Å². The second-order valence-corrected chi connectivity index (χ2v) is 8.35. The number of benzene rings is 2. The van der Waals surface area contributed by atoms with Crippen molar-refractivity contribution in [1.29, 1.82) is 0 Å². The third-order valence-electron chi connectivity index (χ3n) is 4.31. The van der Waals surface area contributed by atoms with Gasteiger partial charge in [-0.05, 0) is 48.4 Å². The van der Waals surface area contributed by atoms with Gasteiger partial charge in [0.25, 0.3) is 0 Å². The lowest BCUT2D eigenvalue weighted by atomic mass is 10.1. The van der Waals surface area contributed by atoms with Crippen molar-refractivity contribution < 1.29 is 4.79 Å². The first-order chi connectivity index (χ1) is 13.3. The average molecular weight is 418 g/mol. The Bertz CT molecular complexity index is 854. The Kier molecular flexibility index (Phi) is 8.37. The van der Waals surface area contributed by atoms with Crippen LogP contribution < -0.4 is 16.7 Å². The summed E-state index contributed by atoms with van der Waals surface area (Å²) < 4.78 is 0.989. The summed E-state index contributed by atoms with van der Waals surface area (Å²) in [5.74, 6) is 12.2. The normalized spacial score (nSPS) is 11.4. The molecule has 0 atom stereocenters. The number of carbonyl (C=O) groups excluding carboxylic acids is 1. The SMILES string of the molecule is CSC(=NCc1ccccc1C)SCc1c(C)cccc1N(N)C(=O)N(C)N.